The molecule has 1 amide bonds. The zero-order valence-corrected chi connectivity index (χ0v) is 18.1. The largest absolute Gasteiger partial charge is 0.338 e. The van der Waals surface area contributed by atoms with Crippen LogP contribution in [-0.4, -0.2) is 35.3 Å². The zero-order valence-electron chi connectivity index (χ0n) is 18.1. The number of benzene rings is 2. The first-order chi connectivity index (χ1) is 14.2. The lowest BCUT2D eigenvalue weighted by atomic mass is 9.94. The van der Waals surface area contributed by atoms with E-state index in [9.17, 15) is 4.79 Å². The van der Waals surface area contributed by atoms with Gasteiger partial charge in [0.15, 0.2) is 0 Å². The summed E-state index contributed by atoms with van der Waals surface area (Å²) in [5, 5.41) is 0. The number of carbonyl (C=O) groups excluding carboxylic acids is 1. The van der Waals surface area contributed by atoms with Gasteiger partial charge in [0.25, 0.3) is 0 Å². The van der Waals surface area contributed by atoms with Gasteiger partial charge in [0.05, 0.1) is 0 Å². The van der Waals surface area contributed by atoms with Gasteiger partial charge in [-0.1, -0.05) is 74.9 Å². The second-order valence-electron chi connectivity index (χ2n) is 8.32. The van der Waals surface area contributed by atoms with Gasteiger partial charge in [-0.25, -0.2) is 0 Å². The van der Waals surface area contributed by atoms with Crippen molar-refractivity contribution in [1.29, 1.82) is 0 Å². The monoisotopic (exact) mass is 392 g/mol. The summed E-state index contributed by atoms with van der Waals surface area (Å²) in [6.07, 6.45) is 5.23. The van der Waals surface area contributed by atoms with Gasteiger partial charge >= 0.3 is 0 Å². The Morgan fingerprint density at radius 2 is 1.59 bits per heavy atom. The molecule has 0 aromatic heterocycles. The molecular formula is C26H36N2O. The maximum Gasteiger partial charge on any atom is 0.226 e. The van der Waals surface area contributed by atoms with Crippen LogP contribution in [0, 0.1) is 5.92 Å². The Morgan fingerprint density at radius 3 is 2.21 bits per heavy atom. The summed E-state index contributed by atoms with van der Waals surface area (Å²) >= 11 is 0. The number of aryl methyl sites for hydroxylation is 1. The minimum atomic E-state index is 0.175. The fourth-order valence-corrected chi connectivity index (χ4v) is 4.15. The lowest BCUT2D eigenvalue weighted by Gasteiger charge is -2.34. The van der Waals surface area contributed by atoms with Gasteiger partial charge < -0.3 is 4.90 Å². The average Bonchev–Trinajstić information content (AvgIpc) is 2.78. The van der Waals surface area contributed by atoms with E-state index in [-0.39, 0.29) is 5.92 Å². The molecule has 0 spiro atoms. The van der Waals surface area contributed by atoms with Crippen molar-refractivity contribution < 1.29 is 4.79 Å². The Bertz CT molecular complexity index is 733. The van der Waals surface area contributed by atoms with Crippen LogP contribution in [0.25, 0.3) is 0 Å². The first kappa shape index (κ1) is 21.6. The van der Waals surface area contributed by atoms with Crippen LogP contribution >= 0.6 is 0 Å². The predicted molar refractivity (Wildman–Crippen MR) is 121 cm³/mol. The van der Waals surface area contributed by atoms with E-state index in [0.29, 0.717) is 5.91 Å². The molecule has 156 valence electrons. The summed E-state index contributed by atoms with van der Waals surface area (Å²) in [6, 6.07) is 19.4. The third-order valence-electron chi connectivity index (χ3n) is 6.08. The molecule has 0 aliphatic carbocycles. The minimum Gasteiger partial charge on any atom is -0.338 e. The van der Waals surface area contributed by atoms with Gasteiger partial charge in [-0.3, -0.25) is 9.69 Å². The van der Waals surface area contributed by atoms with Crippen molar-refractivity contribution in [1.82, 2.24) is 9.80 Å². The number of hydrogen-bond acceptors (Lipinski definition) is 2. The molecule has 1 aliphatic heterocycles. The second kappa shape index (κ2) is 11.2. The van der Waals surface area contributed by atoms with Crippen molar-refractivity contribution in [2.24, 2.45) is 5.92 Å². The Kier molecular flexibility index (Phi) is 8.30. The first-order valence-corrected chi connectivity index (χ1v) is 11.3. The molecular weight excluding hydrogens is 356 g/mol. The second-order valence-corrected chi connectivity index (χ2v) is 8.32. The lowest BCUT2D eigenvalue weighted by Crippen LogP contribution is -2.42. The van der Waals surface area contributed by atoms with Gasteiger partial charge in [-0.05, 0) is 55.5 Å². The highest BCUT2D eigenvalue weighted by molar-refractivity contribution is 5.79. The number of hydrogen-bond donors (Lipinski definition) is 0. The average molecular weight is 393 g/mol. The van der Waals surface area contributed by atoms with Crippen LogP contribution in [0.5, 0.6) is 0 Å². The smallest absolute Gasteiger partial charge is 0.226 e. The molecule has 0 saturated carbocycles. The fraction of sp³-hybridized carbons (Fsp3) is 0.500. The minimum absolute atomic E-state index is 0.175. The maximum atomic E-state index is 13.3. The molecule has 1 aliphatic rings. The summed E-state index contributed by atoms with van der Waals surface area (Å²) in [4.78, 5) is 17.8. The normalized spacial score (nSPS) is 15.4. The molecule has 1 fully saturated rings. The molecule has 0 N–H and O–H groups in total. The Balaban J connectivity index is 1.53. The van der Waals surface area contributed by atoms with Crippen molar-refractivity contribution >= 4 is 5.91 Å². The van der Waals surface area contributed by atoms with Crippen molar-refractivity contribution in [3.63, 3.8) is 0 Å². The number of likely N-dealkylation sites (tertiary alicyclic amines) is 1. The Labute approximate surface area is 176 Å². The molecule has 0 bridgehead atoms. The maximum absolute atomic E-state index is 13.3. The molecule has 1 heterocycles. The Morgan fingerprint density at radius 1 is 0.931 bits per heavy atom. The van der Waals surface area contributed by atoms with Crippen molar-refractivity contribution in [3.05, 3.63) is 71.3 Å². The molecule has 3 rings (SSSR count). The summed E-state index contributed by atoms with van der Waals surface area (Å²) in [7, 11) is 0. The summed E-state index contributed by atoms with van der Waals surface area (Å²) in [5.41, 5.74) is 3.99. The Hall–Kier alpha value is -2.13. The molecule has 0 unspecified atom stereocenters. The van der Waals surface area contributed by atoms with E-state index in [4.69, 9.17) is 0 Å². The molecule has 2 aromatic carbocycles. The van der Waals surface area contributed by atoms with E-state index < -0.39 is 0 Å². The summed E-state index contributed by atoms with van der Waals surface area (Å²) in [5.74, 6) is 0.531. The van der Waals surface area contributed by atoms with Crippen LogP contribution in [0.1, 0.15) is 56.2 Å². The van der Waals surface area contributed by atoms with E-state index >= 15 is 0 Å². The van der Waals surface area contributed by atoms with E-state index in [1.165, 1.54) is 16.7 Å². The molecule has 3 heteroatoms. The quantitative estimate of drug-likeness (QED) is 0.579. The number of carbonyl (C=O) groups is 1. The summed E-state index contributed by atoms with van der Waals surface area (Å²) in [6.45, 7) is 9.01. The van der Waals surface area contributed by atoms with E-state index in [1.54, 1.807) is 0 Å². The predicted octanol–water partition coefficient (Wildman–Crippen LogP) is 5.29. The van der Waals surface area contributed by atoms with Crippen LogP contribution in [0.2, 0.25) is 0 Å². The number of piperidine rings is 1. The molecule has 2 aromatic rings. The van der Waals surface area contributed by atoms with Gasteiger partial charge in [0.2, 0.25) is 5.91 Å². The number of rotatable bonds is 9. The zero-order chi connectivity index (χ0) is 20.5. The molecule has 29 heavy (non-hydrogen) atoms. The van der Waals surface area contributed by atoms with Crippen LogP contribution in [0.4, 0.5) is 0 Å². The van der Waals surface area contributed by atoms with Gasteiger partial charge in [-0.15, -0.1) is 0 Å². The number of nitrogens with zero attached hydrogens (tertiary/aromatic N) is 2. The van der Waals surface area contributed by atoms with Crippen LogP contribution < -0.4 is 0 Å². The molecule has 1 saturated heterocycles. The van der Waals surface area contributed by atoms with Crippen LogP contribution in [0.15, 0.2) is 54.6 Å². The standard InChI is InChI=1S/C26H36N2O/c1-3-5-17-28(21-23-9-7-6-8-10-23)26(29)25-15-18-27(19-16-25)20-24-13-11-22(4-2)12-14-24/h6-14,25H,3-5,15-21H2,1-2H3. The molecule has 3 nitrogen and oxygen atoms in total. The first-order valence-electron chi connectivity index (χ1n) is 11.3. The van der Waals surface area contributed by atoms with Gasteiger partial charge in [0.1, 0.15) is 0 Å². The van der Waals surface area contributed by atoms with E-state index in [0.717, 1.165) is 64.8 Å². The topological polar surface area (TPSA) is 23.6 Å². The van der Waals surface area contributed by atoms with Crippen molar-refractivity contribution in [2.45, 2.75) is 59.0 Å². The van der Waals surface area contributed by atoms with Crippen molar-refractivity contribution in [3.8, 4) is 0 Å². The number of unbranched alkanes of at least 4 members (excludes halogenated alkanes) is 1. The van der Waals surface area contributed by atoms with Gasteiger partial charge in [-0.2, -0.15) is 0 Å². The fourth-order valence-electron chi connectivity index (χ4n) is 4.15. The van der Waals surface area contributed by atoms with Crippen molar-refractivity contribution in [2.75, 3.05) is 19.6 Å². The van der Waals surface area contributed by atoms with E-state index in [2.05, 4.69) is 72.2 Å². The lowest BCUT2D eigenvalue weighted by molar-refractivity contribution is -0.137. The SMILES string of the molecule is CCCCN(Cc1ccccc1)C(=O)C1CCN(Cc2ccc(CC)cc2)CC1. The summed E-state index contributed by atoms with van der Waals surface area (Å²) < 4.78 is 0. The van der Waals surface area contributed by atoms with Crippen LogP contribution in [0.3, 0.4) is 0 Å². The van der Waals surface area contributed by atoms with Crippen LogP contribution in [-0.2, 0) is 24.3 Å². The van der Waals surface area contributed by atoms with Gasteiger partial charge in [0, 0.05) is 25.6 Å². The molecule has 0 radical (unpaired) electrons. The highest BCUT2D eigenvalue weighted by atomic mass is 16.2. The van der Waals surface area contributed by atoms with E-state index in [1.807, 2.05) is 6.07 Å². The molecule has 0 atom stereocenters. The highest BCUT2D eigenvalue weighted by Crippen LogP contribution is 2.23. The highest BCUT2D eigenvalue weighted by Gasteiger charge is 2.28. The third-order valence-corrected chi connectivity index (χ3v) is 6.08. The third kappa shape index (κ3) is 6.43. The number of amides is 1.